The molecular weight excluding hydrogens is 402 g/mol. The van der Waals surface area contributed by atoms with E-state index in [2.05, 4.69) is 21.0 Å². The molecule has 3 rings (SSSR count). The minimum atomic E-state index is -1.25. The van der Waals surface area contributed by atoms with Gasteiger partial charge < -0.3 is 5.11 Å². The second-order valence-corrected chi connectivity index (χ2v) is 6.75. The number of hydrogen-bond donors (Lipinski definition) is 1. The quantitative estimate of drug-likeness (QED) is 0.673. The van der Waals surface area contributed by atoms with Crippen molar-refractivity contribution in [3.8, 4) is 5.69 Å². The second-order valence-electron chi connectivity index (χ2n) is 4.74. The van der Waals surface area contributed by atoms with Gasteiger partial charge in [0.05, 0.1) is 0 Å². The first kappa shape index (κ1) is 16.7. The number of rotatable bonds is 4. The van der Waals surface area contributed by atoms with Gasteiger partial charge in [-0.2, -0.15) is 5.10 Å². The molecule has 1 N–H and O–H groups in total. The molecule has 0 atom stereocenters. The lowest BCUT2D eigenvalue weighted by atomic mass is 10.3. The van der Waals surface area contributed by atoms with Gasteiger partial charge in [0.2, 0.25) is 0 Å². The number of aromatic carboxylic acids is 1. The van der Waals surface area contributed by atoms with Crippen LogP contribution in [-0.4, -0.2) is 20.9 Å². The summed E-state index contributed by atoms with van der Waals surface area (Å²) in [4.78, 5) is 12.0. The summed E-state index contributed by atoms with van der Waals surface area (Å²) in [5.74, 6) is -2.59. The zero-order valence-electron chi connectivity index (χ0n) is 11.9. The molecule has 0 saturated heterocycles. The maximum Gasteiger partial charge on any atom is 0.356 e. The van der Waals surface area contributed by atoms with E-state index in [-0.39, 0.29) is 11.4 Å². The van der Waals surface area contributed by atoms with E-state index in [1.165, 1.54) is 17.8 Å². The smallest absolute Gasteiger partial charge is 0.356 e. The van der Waals surface area contributed by atoms with E-state index in [9.17, 15) is 13.6 Å². The third kappa shape index (κ3) is 3.49. The molecule has 4 nitrogen and oxygen atoms in total. The molecule has 2 aromatic carbocycles. The van der Waals surface area contributed by atoms with Crippen molar-refractivity contribution in [3.05, 3.63) is 70.3 Å². The van der Waals surface area contributed by atoms with E-state index in [0.29, 0.717) is 5.03 Å². The molecule has 1 aromatic heterocycles. The molecule has 0 saturated carbocycles. The number of aromatic nitrogens is 2. The maximum atomic E-state index is 14.1. The molecule has 1 heterocycles. The van der Waals surface area contributed by atoms with Crippen molar-refractivity contribution in [2.75, 3.05) is 0 Å². The number of benzene rings is 2. The van der Waals surface area contributed by atoms with Crippen molar-refractivity contribution in [3.63, 3.8) is 0 Å². The first-order chi connectivity index (χ1) is 11.4. The number of halogens is 3. The predicted molar refractivity (Wildman–Crippen MR) is 88.7 cm³/mol. The minimum Gasteiger partial charge on any atom is -0.476 e. The number of carbonyl (C=O) groups is 1. The van der Waals surface area contributed by atoms with Crippen LogP contribution in [0.3, 0.4) is 0 Å². The van der Waals surface area contributed by atoms with Crippen LogP contribution in [-0.2, 0) is 0 Å². The molecule has 0 aliphatic carbocycles. The molecule has 0 bridgehead atoms. The van der Waals surface area contributed by atoms with Crippen molar-refractivity contribution in [1.29, 1.82) is 0 Å². The van der Waals surface area contributed by atoms with Crippen LogP contribution in [0.5, 0.6) is 0 Å². The molecule has 24 heavy (non-hydrogen) atoms. The Kier molecular flexibility index (Phi) is 4.68. The highest BCUT2D eigenvalue weighted by molar-refractivity contribution is 9.10. The van der Waals surface area contributed by atoms with E-state index in [1.807, 2.05) is 24.3 Å². The Morgan fingerprint density at radius 2 is 1.96 bits per heavy atom. The molecule has 0 spiro atoms. The molecule has 0 amide bonds. The molecule has 0 radical (unpaired) electrons. The largest absolute Gasteiger partial charge is 0.476 e. The molecule has 0 aliphatic rings. The van der Waals surface area contributed by atoms with Crippen LogP contribution in [0.25, 0.3) is 5.69 Å². The Bertz CT molecular complexity index is 930. The fourth-order valence-corrected chi connectivity index (χ4v) is 3.53. The molecule has 3 aromatic rings. The average Bonchev–Trinajstić information content (AvgIpc) is 2.94. The Labute approximate surface area is 148 Å². The highest BCUT2D eigenvalue weighted by atomic mass is 79.9. The number of hydrogen-bond acceptors (Lipinski definition) is 3. The van der Waals surface area contributed by atoms with Crippen LogP contribution in [0.4, 0.5) is 8.78 Å². The van der Waals surface area contributed by atoms with Crippen molar-refractivity contribution >= 4 is 33.7 Å². The summed E-state index contributed by atoms with van der Waals surface area (Å²) in [6.07, 6.45) is 0. The highest BCUT2D eigenvalue weighted by Crippen LogP contribution is 2.32. The molecule has 8 heteroatoms. The van der Waals surface area contributed by atoms with Crippen LogP contribution in [0.15, 0.2) is 62.9 Å². The highest BCUT2D eigenvalue weighted by Gasteiger charge is 2.18. The van der Waals surface area contributed by atoms with E-state index in [0.717, 1.165) is 32.2 Å². The first-order valence-electron chi connectivity index (χ1n) is 6.66. The summed E-state index contributed by atoms with van der Waals surface area (Å²) in [6, 6.07) is 11.5. The van der Waals surface area contributed by atoms with Gasteiger partial charge in [0.1, 0.15) is 22.3 Å². The normalized spacial score (nSPS) is 10.8. The van der Waals surface area contributed by atoms with Crippen molar-refractivity contribution in [2.45, 2.75) is 9.92 Å². The van der Waals surface area contributed by atoms with E-state index < -0.39 is 17.6 Å². The van der Waals surface area contributed by atoms with Crippen molar-refractivity contribution in [1.82, 2.24) is 9.78 Å². The summed E-state index contributed by atoms with van der Waals surface area (Å²) in [5, 5.41) is 13.4. The van der Waals surface area contributed by atoms with E-state index in [1.54, 1.807) is 0 Å². The second kappa shape index (κ2) is 6.74. The molecule has 0 aliphatic heterocycles. The van der Waals surface area contributed by atoms with Crippen molar-refractivity contribution < 1.29 is 18.7 Å². The van der Waals surface area contributed by atoms with Gasteiger partial charge in [-0.3, -0.25) is 0 Å². The summed E-state index contributed by atoms with van der Waals surface area (Å²) < 4.78 is 29.5. The third-order valence-electron chi connectivity index (χ3n) is 3.05. The Hall–Kier alpha value is -2.19. The zero-order chi connectivity index (χ0) is 17.3. The van der Waals surface area contributed by atoms with Gasteiger partial charge in [-0.1, -0.05) is 33.8 Å². The Morgan fingerprint density at radius 3 is 2.67 bits per heavy atom. The minimum absolute atomic E-state index is 0.153. The topological polar surface area (TPSA) is 55.1 Å². The summed E-state index contributed by atoms with van der Waals surface area (Å²) >= 11 is 4.54. The SMILES string of the molecule is O=C(O)c1cc(Sc2cccc(Br)c2)n(-c2cc(F)ccc2F)n1. The first-order valence-corrected chi connectivity index (χ1v) is 8.27. The van der Waals surface area contributed by atoms with Crippen LogP contribution in [0, 0.1) is 11.6 Å². The number of nitrogens with zero attached hydrogens (tertiary/aromatic N) is 2. The fraction of sp³-hybridized carbons (Fsp3) is 0. The Balaban J connectivity index is 2.11. The van der Waals surface area contributed by atoms with E-state index >= 15 is 0 Å². The fourth-order valence-electron chi connectivity index (χ4n) is 2.01. The molecule has 122 valence electrons. The van der Waals surface area contributed by atoms with Crippen LogP contribution in [0.1, 0.15) is 10.5 Å². The monoisotopic (exact) mass is 410 g/mol. The van der Waals surface area contributed by atoms with Crippen LogP contribution >= 0.6 is 27.7 Å². The molecule has 0 unspecified atom stereocenters. The van der Waals surface area contributed by atoms with Gasteiger partial charge in [-0.25, -0.2) is 18.3 Å². The van der Waals surface area contributed by atoms with E-state index in [4.69, 9.17) is 5.11 Å². The number of carboxylic acids is 1. The summed E-state index contributed by atoms with van der Waals surface area (Å²) in [5.41, 5.74) is -0.406. The lowest BCUT2D eigenvalue weighted by molar-refractivity contribution is 0.0690. The average molecular weight is 411 g/mol. The standard InChI is InChI=1S/C16H9BrF2N2O2S/c17-9-2-1-3-11(6-9)24-15-8-13(16(22)23)20-21(15)14-7-10(18)4-5-12(14)19/h1-8H,(H,22,23). The van der Waals surface area contributed by atoms with Gasteiger partial charge in [0.15, 0.2) is 5.69 Å². The van der Waals surface area contributed by atoms with Gasteiger partial charge in [0, 0.05) is 21.5 Å². The molecular formula is C16H9BrF2N2O2S. The van der Waals surface area contributed by atoms with Crippen LogP contribution < -0.4 is 0 Å². The summed E-state index contributed by atoms with van der Waals surface area (Å²) in [7, 11) is 0. The summed E-state index contributed by atoms with van der Waals surface area (Å²) in [6.45, 7) is 0. The van der Waals surface area contributed by atoms with Crippen molar-refractivity contribution in [2.24, 2.45) is 0 Å². The van der Waals surface area contributed by atoms with Crippen LogP contribution in [0.2, 0.25) is 0 Å². The number of carboxylic acid groups (broad SMARTS) is 1. The van der Waals surface area contributed by atoms with Gasteiger partial charge in [0.25, 0.3) is 0 Å². The molecule has 0 fully saturated rings. The third-order valence-corrected chi connectivity index (χ3v) is 4.53. The zero-order valence-corrected chi connectivity index (χ0v) is 14.3. The predicted octanol–water partition coefficient (Wildman–Crippen LogP) is 4.76. The van der Waals surface area contributed by atoms with Gasteiger partial charge in [-0.15, -0.1) is 0 Å². The Morgan fingerprint density at radius 1 is 1.17 bits per heavy atom. The maximum absolute atomic E-state index is 14.1. The lowest BCUT2D eigenvalue weighted by Crippen LogP contribution is -2.04. The van der Waals surface area contributed by atoms with Gasteiger partial charge in [-0.05, 0) is 30.3 Å². The van der Waals surface area contributed by atoms with Gasteiger partial charge >= 0.3 is 5.97 Å². The lowest BCUT2D eigenvalue weighted by Gasteiger charge is -2.08.